The van der Waals surface area contributed by atoms with Gasteiger partial charge in [-0.15, -0.1) is 0 Å². The van der Waals surface area contributed by atoms with Gasteiger partial charge in [0.15, 0.2) is 5.52 Å². The smallest absolute Gasteiger partial charge is 0.245 e. The van der Waals surface area contributed by atoms with Gasteiger partial charge in [-0.05, 0) is 25.3 Å². The van der Waals surface area contributed by atoms with Gasteiger partial charge in [-0.1, -0.05) is 64.0 Å². The molecule has 7 nitrogen and oxygen atoms in total. The van der Waals surface area contributed by atoms with E-state index >= 15 is 0 Å². The summed E-state index contributed by atoms with van der Waals surface area (Å²) in [5.41, 5.74) is 2.60. The molecule has 0 saturated carbocycles. The fourth-order valence-corrected chi connectivity index (χ4v) is 4.64. The molecule has 0 unspecified atom stereocenters. The lowest BCUT2D eigenvalue weighted by molar-refractivity contribution is -0.575. The third-order valence-corrected chi connectivity index (χ3v) is 6.58. The summed E-state index contributed by atoms with van der Waals surface area (Å²) in [7, 11) is 3.18. The molecule has 0 aliphatic heterocycles. The summed E-state index contributed by atoms with van der Waals surface area (Å²) < 4.78 is 3.30. The van der Waals surface area contributed by atoms with Crippen molar-refractivity contribution < 1.29 is 14.4 Å². The Kier molecular flexibility index (Phi) is 10.1. The molecule has 1 amide bonds. The number of fused-ring (bicyclic) bond motifs is 3. The van der Waals surface area contributed by atoms with Gasteiger partial charge in [0, 0.05) is 32.5 Å². The van der Waals surface area contributed by atoms with Crippen molar-refractivity contribution in [2.45, 2.75) is 90.5 Å². The van der Waals surface area contributed by atoms with Crippen LogP contribution in [0.15, 0.2) is 30.5 Å². The van der Waals surface area contributed by atoms with Crippen LogP contribution in [0.1, 0.15) is 83.4 Å². The van der Waals surface area contributed by atoms with Crippen LogP contribution in [0.4, 0.5) is 0 Å². The summed E-state index contributed by atoms with van der Waals surface area (Å²) in [5, 5.41) is 14.7. The molecule has 7 heteroatoms. The average Bonchev–Trinajstić information content (AvgIpc) is 3.19. The predicted octanol–water partition coefficient (Wildman–Crippen LogP) is 5.70. The molecule has 0 radical (unpaired) electrons. The van der Waals surface area contributed by atoms with E-state index in [2.05, 4.69) is 11.5 Å². The van der Waals surface area contributed by atoms with Crippen molar-refractivity contribution >= 4 is 27.8 Å². The Morgan fingerprint density at radius 2 is 1.71 bits per heavy atom. The summed E-state index contributed by atoms with van der Waals surface area (Å²) >= 11 is 0. The number of hydrogen-bond acceptors (Lipinski definition) is 4. The van der Waals surface area contributed by atoms with Crippen LogP contribution in [0.3, 0.4) is 0 Å². The minimum Gasteiger partial charge on any atom is -0.618 e. The van der Waals surface area contributed by atoms with Crippen molar-refractivity contribution in [2.24, 2.45) is 0 Å². The molecule has 2 heterocycles. The lowest BCUT2D eigenvalue weighted by atomic mass is 10.1. The van der Waals surface area contributed by atoms with E-state index in [1.165, 1.54) is 50.7 Å². The first-order chi connectivity index (χ1) is 16.6. The highest BCUT2D eigenvalue weighted by atomic mass is 16.7. The van der Waals surface area contributed by atoms with Crippen molar-refractivity contribution in [3.8, 4) is 0 Å². The number of benzene rings is 1. The number of hydrogen-bond donors (Lipinski definition) is 0. The number of rotatable bonds is 15. The summed E-state index contributed by atoms with van der Waals surface area (Å²) in [5.74, 6) is 1.14. The normalized spacial score (nSPS) is 11.5. The van der Waals surface area contributed by atoms with Crippen LogP contribution >= 0.6 is 0 Å². The van der Waals surface area contributed by atoms with E-state index in [0.29, 0.717) is 11.9 Å². The van der Waals surface area contributed by atoms with Gasteiger partial charge in [0.1, 0.15) is 5.82 Å². The minimum absolute atomic E-state index is 0.0514. The number of aromatic nitrogens is 3. The molecule has 0 fully saturated rings. The number of pyridine rings is 1. The number of nitrogens with zero attached hydrogens (tertiary/aromatic N) is 4. The Hall–Kier alpha value is -2.67. The number of para-hydroxylation sites is 1. The van der Waals surface area contributed by atoms with Crippen molar-refractivity contribution in [1.29, 1.82) is 0 Å². The second-order valence-electron chi connectivity index (χ2n) is 9.14. The monoisotopic (exact) mass is 468 g/mol. The van der Waals surface area contributed by atoms with Gasteiger partial charge in [0.25, 0.3) is 0 Å². The average molecular weight is 469 g/mol. The molecule has 186 valence electrons. The zero-order valence-electron chi connectivity index (χ0n) is 21.1. The molecule has 2 aromatic heterocycles. The van der Waals surface area contributed by atoms with E-state index in [1.807, 2.05) is 24.3 Å². The highest BCUT2D eigenvalue weighted by molar-refractivity contribution is 6.00. The number of carbonyl (C=O) groups excluding carboxylic acids is 1. The second-order valence-corrected chi connectivity index (χ2v) is 9.14. The van der Waals surface area contributed by atoms with Crippen molar-refractivity contribution in [3.63, 3.8) is 0 Å². The van der Waals surface area contributed by atoms with E-state index in [0.717, 1.165) is 65.6 Å². The summed E-state index contributed by atoms with van der Waals surface area (Å²) in [4.78, 5) is 21.4. The maximum Gasteiger partial charge on any atom is 0.245 e. The molecule has 0 bridgehead atoms. The Bertz CT molecular complexity index is 1060. The van der Waals surface area contributed by atoms with Crippen molar-refractivity contribution in [1.82, 2.24) is 14.6 Å². The van der Waals surface area contributed by atoms with Gasteiger partial charge >= 0.3 is 0 Å². The van der Waals surface area contributed by atoms with Crippen LogP contribution in [0, 0.1) is 5.21 Å². The standard InChI is InChI=1S/C27H40N4O3/c1-4-16-25-28-23-21-31(33)24-18-14-13-17-22(24)27(23)30(25)20-15-11-9-7-5-6-8-10-12-19-26(32)29(2)34-3/h13-14,17-18,21H,4-12,15-16,19-20H2,1-3H3. The summed E-state index contributed by atoms with van der Waals surface area (Å²) in [6.45, 7) is 3.12. The van der Waals surface area contributed by atoms with Gasteiger partial charge in [-0.3, -0.25) is 9.63 Å². The maximum atomic E-state index is 12.4. The Balaban J connectivity index is 1.42. The molecule has 0 aliphatic rings. The highest BCUT2D eigenvalue weighted by Crippen LogP contribution is 2.25. The zero-order valence-corrected chi connectivity index (χ0v) is 21.1. The molecule has 0 spiro atoms. The van der Waals surface area contributed by atoms with Gasteiger partial charge in [-0.2, -0.15) is 4.73 Å². The number of carbonyl (C=O) groups is 1. The third kappa shape index (κ3) is 6.69. The largest absolute Gasteiger partial charge is 0.618 e. The van der Waals surface area contributed by atoms with Crippen LogP contribution in [0.25, 0.3) is 21.9 Å². The molecule has 0 atom stereocenters. The van der Waals surface area contributed by atoms with Crippen molar-refractivity contribution in [3.05, 3.63) is 41.5 Å². The molecular formula is C27H40N4O3. The second kappa shape index (κ2) is 13.3. The molecule has 0 aliphatic carbocycles. The van der Waals surface area contributed by atoms with Crippen LogP contribution < -0.4 is 4.73 Å². The fourth-order valence-electron chi connectivity index (χ4n) is 4.64. The highest BCUT2D eigenvalue weighted by Gasteiger charge is 2.17. The van der Waals surface area contributed by atoms with Gasteiger partial charge < -0.3 is 9.77 Å². The third-order valence-electron chi connectivity index (χ3n) is 6.58. The van der Waals surface area contributed by atoms with E-state index in [1.54, 1.807) is 13.2 Å². The Labute approximate surface area is 203 Å². The quantitative estimate of drug-likeness (QED) is 0.124. The van der Waals surface area contributed by atoms with Gasteiger partial charge in [0.2, 0.25) is 17.6 Å². The first-order valence-electron chi connectivity index (χ1n) is 12.9. The number of hydroxylamine groups is 2. The molecule has 34 heavy (non-hydrogen) atoms. The molecule has 1 aromatic carbocycles. The van der Waals surface area contributed by atoms with E-state index < -0.39 is 0 Å². The fraction of sp³-hybridized carbons (Fsp3) is 0.593. The molecule has 0 saturated heterocycles. The lowest BCUT2D eigenvalue weighted by Gasteiger charge is -2.13. The first kappa shape index (κ1) is 25.9. The maximum absolute atomic E-state index is 12.4. The lowest BCUT2D eigenvalue weighted by Crippen LogP contribution is -2.26. The van der Waals surface area contributed by atoms with E-state index in [9.17, 15) is 10.0 Å². The SMILES string of the molecule is CCCc1nc2c[n+]([O-])c3ccccc3c2n1CCCCCCCCCCCC(=O)N(C)OC. The summed E-state index contributed by atoms with van der Waals surface area (Å²) in [6, 6.07) is 7.82. The number of amides is 1. The number of unbranched alkanes of at least 4 members (excludes halogenated alkanes) is 8. The van der Waals surface area contributed by atoms with Crippen LogP contribution in [-0.4, -0.2) is 34.7 Å². The Morgan fingerprint density at radius 1 is 1.06 bits per heavy atom. The topological polar surface area (TPSA) is 74.3 Å². The van der Waals surface area contributed by atoms with Crippen LogP contribution in [0.2, 0.25) is 0 Å². The summed E-state index contributed by atoms with van der Waals surface area (Å²) in [6.07, 6.45) is 14.7. The number of imidazole rings is 1. The van der Waals surface area contributed by atoms with Crippen LogP contribution in [0.5, 0.6) is 0 Å². The zero-order chi connectivity index (χ0) is 24.3. The minimum atomic E-state index is 0.0514. The number of aryl methyl sites for hydroxylation is 2. The molecule has 3 aromatic rings. The van der Waals surface area contributed by atoms with E-state index in [-0.39, 0.29) is 5.91 Å². The molecule has 0 N–H and O–H groups in total. The first-order valence-corrected chi connectivity index (χ1v) is 12.9. The Morgan fingerprint density at radius 3 is 2.38 bits per heavy atom. The van der Waals surface area contributed by atoms with Crippen molar-refractivity contribution in [2.75, 3.05) is 14.2 Å². The molecule has 3 rings (SSSR count). The van der Waals surface area contributed by atoms with Gasteiger partial charge in [-0.25, -0.2) is 10.0 Å². The van der Waals surface area contributed by atoms with Gasteiger partial charge in [0.05, 0.1) is 18.0 Å². The predicted molar refractivity (Wildman–Crippen MR) is 136 cm³/mol. The van der Waals surface area contributed by atoms with Crippen LogP contribution in [-0.2, 0) is 22.6 Å². The molecular weight excluding hydrogens is 428 g/mol. The van der Waals surface area contributed by atoms with E-state index in [4.69, 9.17) is 9.82 Å².